The second-order valence-corrected chi connectivity index (χ2v) is 0. The van der Waals surface area contributed by atoms with Crippen molar-refractivity contribution in [1.29, 1.82) is 10.5 Å². The Balaban J connectivity index is -0.00000000167. The smallest absolute Gasteiger partial charge is 0.0462 e. The zero-order chi connectivity index (χ0) is 4.00. The molecule has 0 fully saturated rings. The summed E-state index contributed by atoms with van der Waals surface area (Å²) in [6.07, 6.45) is 0. The van der Waals surface area contributed by atoms with Gasteiger partial charge in [0, 0.05) is 13.1 Å². The molecule has 2 nitrogen and oxygen atoms in total. The number of nitrogens with zero attached hydrogens (tertiary/aromatic N) is 2. The van der Waals surface area contributed by atoms with Crippen LogP contribution < -0.4 is 0 Å². The fourth-order valence-electron chi connectivity index (χ4n) is 0. The molecule has 0 unspecified atom stereocenters. The van der Waals surface area contributed by atoms with E-state index in [0.717, 1.165) is 0 Å². The van der Waals surface area contributed by atoms with Crippen molar-refractivity contribution in [3.8, 4) is 13.1 Å². The van der Waals surface area contributed by atoms with Gasteiger partial charge in [-0.05, 0) is 0 Å². The Morgan fingerprint density at radius 2 is 0.500 bits per heavy atom. The van der Waals surface area contributed by atoms with Crippen LogP contribution in [0.1, 0.15) is 29.7 Å². The summed E-state index contributed by atoms with van der Waals surface area (Å²) in [7, 11) is 0. The fraction of sp³-hybridized carbons (Fsp3) is 0.667. The first-order valence-corrected chi connectivity index (χ1v) is 0.516. The lowest BCUT2D eigenvalue weighted by atomic mass is 11.9. The largest absolute Gasteiger partial charge is 0.202 e. The number of nitriles is 2. The van der Waals surface area contributed by atoms with Crippen molar-refractivity contribution >= 4 is 0 Å². The number of hydrogen-bond donors (Lipinski definition) is 0. The Kier molecular flexibility index (Phi) is 4630. The van der Waals surface area contributed by atoms with Gasteiger partial charge in [0.1, 0.15) is 0 Å². The standard InChI is InChI=1S/2CHN.4CH4/c2*1-2;;;;/h2*1H;4*1H4. The van der Waals surface area contributed by atoms with Gasteiger partial charge in [0.2, 0.25) is 0 Å². The second kappa shape index (κ2) is 143. The van der Waals surface area contributed by atoms with Crippen LogP contribution in [0.2, 0.25) is 0 Å². The first-order chi connectivity index (χ1) is 2.00. The molecule has 0 spiro atoms. The molecule has 8 heavy (non-hydrogen) atoms. The van der Waals surface area contributed by atoms with Gasteiger partial charge in [-0.2, -0.15) is 0 Å². The van der Waals surface area contributed by atoms with Crippen molar-refractivity contribution in [2.75, 3.05) is 0 Å². The minimum Gasteiger partial charge on any atom is -0.202 e. The molecule has 0 aliphatic heterocycles. The van der Waals surface area contributed by atoms with Gasteiger partial charge < -0.3 is 0 Å². The minimum atomic E-state index is 0. The molecule has 2 heteroatoms. The SMILES string of the molecule is C.C.C.C.C#N.C#N. The Morgan fingerprint density at radius 1 is 0.500 bits per heavy atom. The Labute approximate surface area is 54.4 Å². The highest BCUT2D eigenvalue weighted by atomic mass is 14.2. The summed E-state index contributed by atoms with van der Waals surface area (Å²) < 4.78 is 0. The molecule has 0 bridgehead atoms. The van der Waals surface area contributed by atoms with Crippen molar-refractivity contribution < 1.29 is 0 Å². The van der Waals surface area contributed by atoms with Crippen LogP contribution >= 0.6 is 0 Å². The van der Waals surface area contributed by atoms with E-state index in [1.54, 1.807) is 0 Å². The fourth-order valence-corrected chi connectivity index (χ4v) is 0. The summed E-state index contributed by atoms with van der Waals surface area (Å²) in [4.78, 5) is 0. The molecule has 0 atom stereocenters. The molecule has 0 saturated heterocycles. The average Bonchev–Trinajstić information content (AvgIpc) is 1.50. The van der Waals surface area contributed by atoms with Crippen molar-refractivity contribution in [3.05, 3.63) is 0 Å². The van der Waals surface area contributed by atoms with Crippen LogP contribution in [-0.2, 0) is 0 Å². The molecular formula is C6H18N2. The molecule has 0 radical (unpaired) electrons. The van der Waals surface area contributed by atoms with Gasteiger partial charge in [-0.3, -0.25) is 0 Å². The van der Waals surface area contributed by atoms with Gasteiger partial charge in [-0.1, -0.05) is 29.7 Å². The topological polar surface area (TPSA) is 47.6 Å². The third kappa shape index (κ3) is 75.8. The molecule has 0 aromatic carbocycles. The van der Waals surface area contributed by atoms with Gasteiger partial charge >= 0.3 is 0 Å². The van der Waals surface area contributed by atoms with E-state index in [0.29, 0.717) is 0 Å². The lowest BCUT2D eigenvalue weighted by Gasteiger charge is -0.668. The Bertz CT molecular complexity index is 22.0. The van der Waals surface area contributed by atoms with Crippen LogP contribution in [0, 0.1) is 23.7 Å². The van der Waals surface area contributed by atoms with E-state index in [9.17, 15) is 0 Å². The van der Waals surface area contributed by atoms with Gasteiger partial charge in [0.15, 0.2) is 0 Å². The molecule has 0 aliphatic rings. The lowest BCUT2D eigenvalue weighted by molar-refractivity contribution is 1.58. The van der Waals surface area contributed by atoms with Gasteiger partial charge in [0.05, 0.1) is 0 Å². The van der Waals surface area contributed by atoms with Crippen LogP contribution in [-0.4, -0.2) is 0 Å². The minimum absolute atomic E-state index is 0. The summed E-state index contributed by atoms with van der Waals surface area (Å²) in [5.41, 5.74) is 0. The molecule has 0 aliphatic carbocycles. The van der Waals surface area contributed by atoms with Crippen molar-refractivity contribution in [1.82, 2.24) is 0 Å². The number of hydrogen-bond acceptors (Lipinski definition) is 2. The molecule has 0 N–H and O–H groups in total. The molecule has 0 heterocycles. The molecule has 0 amide bonds. The monoisotopic (exact) mass is 118 g/mol. The van der Waals surface area contributed by atoms with Crippen LogP contribution in [0.15, 0.2) is 0 Å². The van der Waals surface area contributed by atoms with Crippen LogP contribution in [0.25, 0.3) is 0 Å². The average molecular weight is 118 g/mol. The maximum absolute atomic E-state index is 6.50. The van der Waals surface area contributed by atoms with Gasteiger partial charge in [0.25, 0.3) is 0 Å². The zero-order valence-electron chi connectivity index (χ0n) is 2.05. The normalized spacial score (nSPS) is 0.500. The van der Waals surface area contributed by atoms with E-state index in [1.807, 2.05) is 0 Å². The molecule has 52 valence electrons. The van der Waals surface area contributed by atoms with E-state index < -0.39 is 0 Å². The number of rotatable bonds is 0. The van der Waals surface area contributed by atoms with Gasteiger partial charge in [-0.25, -0.2) is 10.5 Å². The highest BCUT2D eigenvalue weighted by molar-refractivity contribution is 4.03. The zero-order valence-corrected chi connectivity index (χ0v) is 2.05. The summed E-state index contributed by atoms with van der Waals surface area (Å²) in [6, 6.07) is 0. The van der Waals surface area contributed by atoms with Crippen LogP contribution in [0.4, 0.5) is 0 Å². The summed E-state index contributed by atoms with van der Waals surface area (Å²) in [6.45, 7) is 7.00. The van der Waals surface area contributed by atoms with Crippen molar-refractivity contribution in [3.63, 3.8) is 0 Å². The van der Waals surface area contributed by atoms with E-state index >= 15 is 0 Å². The quantitative estimate of drug-likeness (QED) is 0.491. The first-order valence-electron chi connectivity index (χ1n) is 0.516. The third-order valence-electron chi connectivity index (χ3n) is 0. The van der Waals surface area contributed by atoms with Crippen molar-refractivity contribution in [2.24, 2.45) is 0 Å². The third-order valence-corrected chi connectivity index (χ3v) is 0. The first kappa shape index (κ1) is 260. The maximum Gasteiger partial charge on any atom is 0.0462 e. The van der Waals surface area contributed by atoms with E-state index in [1.165, 1.54) is 0 Å². The molecule has 0 aromatic rings. The van der Waals surface area contributed by atoms with E-state index in [-0.39, 0.29) is 29.7 Å². The molecular weight excluding hydrogens is 100 g/mol. The lowest BCUT2D eigenvalue weighted by Crippen LogP contribution is -0.569. The van der Waals surface area contributed by atoms with Crippen molar-refractivity contribution in [2.45, 2.75) is 29.7 Å². The van der Waals surface area contributed by atoms with Crippen LogP contribution in [0.5, 0.6) is 0 Å². The maximum atomic E-state index is 6.50. The van der Waals surface area contributed by atoms with E-state index in [4.69, 9.17) is 10.5 Å². The Morgan fingerprint density at radius 3 is 0.500 bits per heavy atom. The molecule has 0 aromatic heterocycles. The Hall–Kier alpha value is -1.02. The molecule has 0 saturated carbocycles. The molecule has 0 rings (SSSR count). The highest BCUT2D eigenvalue weighted by Gasteiger charge is 0.515. The van der Waals surface area contributed by atoms with E-state index in [2.05, 4.69) is 13.1 Å². The summed E-state index contributed by atoms with van der Waals surface area (Å²) in [5, 5.41) is 13.0. The highest BCUT2D eigenvalue weighted by Crippen LogP contribution is 0.588. The van der Waals surface area contributed by atoms with Crippen LogP contribution in [0.3, 0.4) is 0 Å². The predicted molar refractivity (Wildman–Crippen MR) is 40.3 cm³/mol. The summed E-state index contributed by atoms with van der Waals surface area (Å²) >= 11 is 0. The summed E-state index contributed by atoms with van der Waals surface area (Å²) in [5.74, 6) is 0. The second-order valence-electron chi connectivity index (χ2n) is 0. The predicted octanol–water partition coefficient (Wildman–Crippen LogP) is 2.82. The van der Waals surface area contributed by atoms with Gasteiger partial charge in [-0.15, -0.1) is 0 Å².